The molecular formula is C8H8BrClFN. The topological polar surface area (TPSA) is 26.0 Å². The average Bonchev–Trinajstić information content (AvgIpc) is 1.97. The Morgan fingerprint density at radius 1 is 1.58 bits per heavy atom. The van der Waals surface area contributed by atoms with E-state index in [4.69, 9.17) is 17.3 Å². The molecule has 0 spiro atoms. The van der Waals surface area contributed by atoms with E-state index in [1.54, 1.807) is 6.92 Å². The van der Waals surface area contributed by atoms with Crippen LogP contribution in [0.5, 0.6) is 0 Å². The van der Waals surface area contributed by atoms with Gasteiger partial charge in [-0.3, -0.25) is 0 Å². The van der Waals surface area contributed by atoms with E-state index in [1.165, 1.54) is 12.1 Å². The third-order valence-corrected chi connectivity index (χ3v) is 2.67. The Kier molecular flexibility index (Phi) is 3.09. The highest BCUT2D eigenvalue weighted by Gasteiger charge is 2.12. The molecule has 1 atom stereocenters. The van der Waals surface area contributed by atoms with E-state index in [2.05, 4.69) is 15.9 Å². The van der Waals surface area contributed by atoms with Gasteiger partial charge in [-0.15, -0.1) is 0 Å². The Hall–Kier alpha value is -0.120. The second kappa shape index (κ2) is 3.73. The Morgan fingerprint density at radius 3 is 2.58 bits per heavy atom. The van der Waals surface area contributed by atoms with Crippen molar-refractivity contribution in [3.8, 4) is 0 Å². The fourth-order valence-corrected chi connectivity index (χ4v) is 2.11. The van der Waals surface area contributed by atoms with Gasteiger partial charge in [-0.1, -0.05) is 11.6 Å². The van der Waals surface area contributed by atoms with Crippen LogP contribution in [0.4, 0.5) is 4.39 Å². The standard InChI is InChI=1S/C8H8BrClFN/c1-4(12)7-5(10)2-3-6(11)8(7)9/h2-4H,12H2,1H3. The van der Waals surface area contributed by atoms with Crippen molar-refractivity contribution in [3.63, 3.8) is 0 Å². The van der Waals surface area contributed by atoms with E-state index in [0.29, 0.717) is 15.1 Å². The second-order valence-electron chi connectivity index (χ2n) is 2.55. The maximum Gasteiger partial charge on any atom is 0.137 e. The quantitative estimate of drug-likeness (QED) is 0.763. The number of benzene rings is 1. The monoisotopic (exact) mass is 251 g/mol. The van der Waals surface area contributed by atoms with Crippen LogP contribution in [-0.2, 0) is 0 Å². The SMILES string of the molecule is CC(N)c1c(Cl)ccc(F)c1Br. The first-order valence-corrected chi connectivity index (χ1v) is 4.60. The number of hydrogen-bond donors (Lipinski definition) is 1. The van der Waals surface area contributed by atoms with Gasteiger partial charge in [-0.05, 0) is 35.0 Å². The number of hydrogen-bond acceptors (Lipinski definition) is 1. The van der Waals surface area contributed by atoms with Gasteiger partial charge in [0, 0.05) is 16.6 Å². The molecule has 0 radical (unpaired) electrons. The molecule has 1 rings (SSSR count). The van der Waals surface area contributed by atoms with Crippen LogP contribution in [0.3, 0.4) is 0 Å². The Bertz CT molecular complexity index is 301. The predicted molar refractivity (Wildman–Crippen MR) is 51.7 cm³/mol. The van der Waals surface area contributed by atoms with Crippen LogP contribution < -0.4 is 5.73 Å². The average molecular weight is 253 g/mol. The lowest BCUT2D eigenvalue weighted by Crippen LogP contribution is -2.07. The first kappa shape index (κ1) is 9.96. The van der Waals surface area contributed by atoms with E-state index in [1.807, 2.05) is 0 Å². The smallest absolute Gasteiger partial charge is 0.137 e. The molecule has 12 heavy (non-hydrogen) atoms. The minimum absolute atomic E-state index is 0.275. The molecule has 0 aliphatic carbocycles. The lowest BCUT2D eigenvalue weighted by Gasteiger charge is -2.10. The lowest BCUT2D eigenvalue weighted by molar-refractivity contribution is 0.614. The second-order valence-corrected chi connectivity index (χ2v) is 3.75. The first-order chi connectivity index (χ1) is 5.54. The normalized spacial score (nSPS) is 13.1. The molecule has 0 aliphatic heterocycles. The van der Waals surface area contributed by atoms with Crippen molar-refractivity contribution >= 4 is 27.5 Å². The van der Waals surface area contributed by atoms with Crippen LogP contribution in [0.25, 0.3) is 0 Å². The summed E-state index contributed by atoms with van der Waals surface area (Å²) in [4.78, 5) is 0. The van der Waals surface area contributed by atoms with Gasteiger partial charge in [0.05, 0.1) is 4.47 Å². The van der Waals surface area contributed by atoms with Gasteiger partial charge in [-0.25, -0.2) is 4.39 Å². The van der Waals surface area contributed by atoms with E-state index in [0.717, 1.165) is 0 Å². The molecular weight excluding hydrogens is 244 g/mol. The third-order valence-electron chi connectivity index (χ3n) is 1.53. The molecule has 0 heterocycles. The van der Waals surface area contributed by atoms with Gasteiger partial charge in [-0.2, -0.15) is 0 Å². The summed E-state index contributed by atoms with van der Waals surface area (Å²) in [5.74, 6) is -0.341. The molecule has 0 saturated carbocycles. The Morgan fingerprint density at radius 2 is 2.17 bits per heavy atom. The van der Waals surface area contributed by atoms with Gasteiger partial charge < -0.3 is 5.73 Å². The van der Waals surface area contributed by atoms with Crippen LogP contribution in [0, 0.1) is 5.82 Å². The number of halogens is 3. The van der Waals surface area contributed by atoms with Gasteiger partial charge in [0.2, 0.25) is 0 Å². The van der Waals surface area contributed by atoms with E-state index < -0.39 is 0 Å². The molecule has 0 amide bonds. The summed E-state index contributed by atoms with van der Waals surface area (Å²) in [7, 11) is 0. The van der Waals surface area contributed by atoms with Crippen molar-refractivity contribution in [2.24, 2.45) is 5.73 Å². The minimum Gasteiger partial charge on any atom is -0.324 e. The first-order valence-electron chi connectivity index (χ1n) is 3.43. The number of nitrogens with two attached hydrogens (primary N) is 1. The summed E-state index contributed by atoms with van der Waals surface area (Å²) in [5.41, 5.74) is 6.21. The fraction of sp³-hybridized carbons (Fsp3) is 0.250. The van der Waals surface area contributed by atoms with Crippen LogP contribution in [0.15, 0.2) is 16.6 Å². The van der Waals surface area contributed by atoms with Crippen molar-refractivity contribution < 1.29 is 4.39 Å². The molecule has 1 nitrogen and oxygen atoms in total. The zero-order chi connectivity index (χ0) is 9.30. The van der Waals surface area contributed by atoms with Gasteiger partial charge in [0.25, 0.3) is 0 Å². The predicted octanol–water partition coefficient (Wildman–Crippen LogP) is 3.26. The minimum atomic E-state index is -0.341. The fourth-order valence-electron chi connectivity index (χ4n) is 0.960. The van der Waals surface area contributed by atoms with Crippen molar-refractivity contribution in [1.29, 1.82) is 0 Å². The van der Waals surface area contributed by atoms with Crippen molar-refractivity contribution in [3.05, 3.63) is 33.0 Å². The summed E-state index contributed by atoms with van der Waals surface area (Å²) >= 11 is 8.91. The highest BCUT2D eigenvalue weighted by atomic mass is 79.9. The van der Waals surface area contributed by atoms with Crippen molar-refractivity contribution in [1.82, 2.24) is 0 Å². The van der Waals surface area contributed by atoms with Crippen LogP contribution in [-0.4, -0.2) is 0 Å². The molecule has 0 bridgehead atoms. The molecule has 0 fully saturated rings. The zero-order valence-electron chi connectivity index (χ0n) is 6.44. The molecule has 0 aliphatic rings. The van der Waals surface area contributed by atoms with E-state index in [9.17, 15) is 4.39 Å². The molecule has 4 heteroatoms. The van der Waals surface area contributed by atoms with Gasteiger partial charge >= 0.3 is 0 Å². The zero-order valence-corrected chi connectivity index (χ0v) is 8.79. The molecule has 1 unspecified atom stereocenters. The van der Waals surface area contributed by atoms with Crippen LogP contribution >= 0.6 is 27.5 Å². The molecule has 1 aromatic rings. The van der Waals surface area contributed by atoms with Gasteiger partial charge in [0.15, 0.2) is 0 Å². The molecule has 0 saturated heterocycles. The summed E-state index contributed by atoms with van der Waals surface area (Å²) in [6.45, 7) is 1.76. The Balaban J connectivity index is 3.33. The highest BCUT2D eigenvalue weighted by molar-refractivity contribution is 9.10. The molecule has 66 valence electrons. The maximum absolute atomic E-state index is 13.0. The Labute approximate surface area is 83.8 Å². The van der Waals surface area contributed by atoms with Crippen LogP contribution in [0.2, 0.25) is 5.02 Å². The summed E-state index contributed by atoms with van der Waals surface area (Å²) in [5, 5.41) is 0.485. The summed E-state index contributed by atoms with van der Waals surface area (Å²) in [6, 6.07) is 2.53. The lowest BCUT2D eigenvalue weighted by atomic mass is 10.1. The third kappa shape index (κ3) is 1.79. The molecule has 0 aromatic heterocycles. The molecule has 2 N–H and O–H groups in total. The van der Waals surface area contributed by atoms with E-state index in [-0.39, 0.29) is 11.9 Å². The van der Waals surface area contributed by atoms with Crippen LogP contribution in [0.1, 0.15) is 18.5 Å². The summed E-state index contributed by atoms with van der Waals surface area (Å²) < 4.78 is 13.3. The van der Waals surface area contributed by atoms with E-state index >= 15 is 0 Å². The van der Waals surface area contributed by atoms with Crippen molar-refractivity contribution in [2.45, 2.75) is 13.0 Å². The highest BCUT2D eigenvalue weighted by Crippen LogP contribution is 2.31. The largest absolute Gasteiger partial charge is 0.324 e. The summed E-state index contributed by atoms with van der Waals surface area (Å²) in [6.07, 6.45) is 0. The van der Waals surface area contributed by atoms with Crippen molar-refractivity contribution in [2.75, 3.05) is 0 Å². The van der Waals surface area contributed by atoms with Gasteiger partial charge in [0.1, 0.15) is 5.82 Å². The maximum atomic E-state index is 13.0. The molecule has 1 aromatic carbocycles. The number of rotatable bonds is 1.